The summed E-state index contributed by atoms with van der Waals surface area (Å²) in [6.07, 6.45) is 21.9. The monoisotopic (exact) mass is 869 g/mol. The number of hydrogen-bond acceptors (Lipinski definition) is 12. The molecule has 0 aliphatic rings. The second-order valence-electron chi connectivity index (χ2n) is 15.4. The molecule has 1 atom stereocenters. The van der Waals surface area contributed by atoms with Gasteiger partial charge in [-0.2, -0.15) is 0 Å². The highest BCUT2D eigenvalue weighted by molar-refractivity contribution is 5.84. The number of carboxylic acid groups (broad SMARTS) is 1. The lowest BCUT2D eigenvalue weighted by atomic mass is 10.0. The second kappa shape index (κ2) is 40.4. The molecule has 1 unspecified atom stereocenters. The van der Waals surface area contributed by atoms with E-state index in [4.69, 9.17) is 23.7 Å². The van der Waals surface area contributed by atoms with E-state index < -0.39 is 18.1 Å². The van der Waals surface area contributed by atoms with Gasteiger partial charge in [0.2, 0.25) is 11.8 Å². The highest BCUT2D eigenvalue weighted by Gasteiger charge is 2.21. The van der Waals surface area contributed by atoms with Gasteiger partial charge in [0.15, 0.2) is 5.78 Å². The molecule has 1 rings (SSSR count). The zero-order valence-electron chi connectivity index (χ0n) is 37.6. The maximum atomic E-state index is 12.3. The Balaban J connectivity index is 1.92. The Kier molecular flexibility index (Phi) is 36.7. The van der Waals surface area contributed by atoms with Gasteiger partial charge in [-0.25, -0.2) is 14.3 Å². The summed E-state index contributed by atoms with van der Waals surface area (Å²) in [5, 5.41) is 25.6. The van der Waals surface area contributed by atoms with Crippen LogP contribution in [0.1, 0.15) is 154 Å². The van der Waals surface area contributed by atoms with E-state index in [9.17, 15) is 29.1 Å². The van der Waals surface area contributed by atoms with Gasteiger partial charge in [0.25, 0.3) is 0 Å². The number of hydrogen-bond donors (Lipinski definition) is 4. The lowest BCUT2D eigenvalue weighted by Crippen LogP contribution is -2.41. The van der Waals surface area contributed by atoms with Crippen molar-refractivity contribution in [1.29, 1.82) is 0 Å². The zero-order chi connectivity index (χ0) is 44.4. The minimum atomic E-state index is -1.16. The van der Waals surface area contributed by atoms with Crippen molar-refractivity contribution in [2.75, 3.05) is 72.6 Å². The molecule has 1 aromatic heterocycles. The molecule has 0 aromatic carbocycles. The summed E-state index contributed by atoms with van der Waals surface area (Å²) in [6.45, 7) is 8.36. The van der Waals surface area contributed by atoms with E-state index in [0.717, 1.165) is 44.2 Å². The number of carbonyl (C=O) groups is 5. The molecule has 3 amide bonds. The van der Waals surface area contributed by atoms with Crippen LogP contribution in [0.3, 0.4) is 0 Å². The van der Waals surface area contributed by atoms with Crippen LogP contribution in [-0.4, -0.2) is 128 Å². The second-order valence-corrected chi connectivity index (χ2v) is 15.4. The molecule has 0 fully saturated rings. The number of alkyl carbamates (subject to hydrolysis) is 1. The summed E-state index contributed by atoms with van der Waals surface area (Å²) >= 11 is 0. The van der Waals surface area contributed by atoms with E-state index in [1.807, 2.05) is 0 Å². The van der Waals surface area contributed by atoms with E-state index in [-0.39, 0.29) is 76.4 Å². The predicted octanol–water partition coefficient (Wildman–Crippen LogP) is 6.10. The van der Waals surface area contributed by atoms with E-state index >= 15 is 0 Å². The van der Waals surface area contributed by atoms with Crippen LogP contribution in [0.25, 0.3) is 0 Å². The average Bonchev–Trinajstić information content (AvgIpc) is 3.70. The van der Waals surface area contributed by atoms with Crippen LogP contribution in [0.4, 0.5) is 4.79 Å². The van der Waals surface area contributed by atoms with Gasteiger partial charge in [-0.05, 0) is 25.7 Å². The van der Waals surface area contributed by atoms with Crippen LogP contribution < -0.4 is 16.0 Å². The van der Waals surface area contributed by atoms with Crippen LogP contribution >= 0.6 is 0 Å². The van der Waals surface area contributed by atoms with Crippen molar-refractivity contribution < 1.29 is 52.8 Å². The molecule has 0 aliphatic heterocycles. The number of ether oxygens (including phenoxy) is 5. The van der Waals surface area contributed by atoms with Gasteiger partial charge in [-0.1, -0.05) is 109 Å². The molecule has 1 heterocycles. The standard InChI is InChI=1S/C44H80N6O11/c1-3-5-7-8-9-10-11-12-13-14-15-16-17-21-42(53)47-40(43(54)55)22-23-41(52)45-26-30-58-34-35-60-37-39(51)20-19-28-57-32-33-59-31-27-50-36-38(48-49-50)24-29-61-44(56)46-25-18-6-4-2/h36,40H,3-35,37H2,1-2H3,(H,45,52)(H,46,56)(H,47,53)(H,54,55). The normalized spacial score (nSPS) is 11.6. The number of unbranched alkanes of at least 4 members (excludes halogenated alkanes) is 14. The lowest BCUT2D eigenvalue weighted by molar-refractivity contribution is -0.142. The van der Waals surface area contributed by atoms with Crippen molar-refractivity contribution >= 4 is 29.7 Å². The third kappa shape index (κ3) is 35.6. The summed E-state index contributed by atoms with van der Waals surface area (Å²) < 4.78 is 28.8. The molecule has 4 N–H and O–H groups in total. The van der Waals surface area contributed by atoms with Gasteiger partial charge in [0, 0.05) is 51.6 Å². The largest absolute Gasteiger partial charge is 0.480 e. The minimum absolute atomic E-state index is 0.00377. The number of nitrogens with one attached hydrogen (secondary N) is 3. The summed E-state index contributed by atoms with van der Waals surface area (Å²) in [4.78, 5) is 59.9. The van der Waals surface area contributed by atoms with E-state index in [2.05, 4.69) is 40.1 Å². The van der Waals surface area contributed by atoms with Crippen molar-refractivity contribution in [1.82, 2.24) is 30.9 Å². The molecule has 352 valence electrons. The quantitative estimate of drug-likeness (QED) is 0.0546. The fourth-order valence-electron chi connectivity index (χ4n) is 6.21. The number of amides is 3. The smallest absolute Gasteiger partial charge is 0.407 e. The molecular formula is C44H80N6O11. The summed E-state index contributed by atoms with van der Waals surface area (Å²) in [7, 11) is 0. The summed E-state index contributed by atoms with van der Waals surface area (Å²) in [5.74, 6) is -1.81. The van der Waals surface area contributed by atoms with Crippen LogP contribution in [-0.2, 0) is 55.8 Å². The van der Waals surface area contributed by atoms with Gasteiger partial charge >= 0.3 is 12.1 Å². The Hall–Kier alpha value is -3.67. The highest BCUT2D eigenvalue weighted by Crippen LogP contribution is 2.13. The van der Waals surface area contributed by atoms with Gasteiger partial charge in [-0.15, -0.1) is 5.10 Å². The molecule has 0 spiro atoms. The number of nitrogens with zero attached hydrogens (tertiary/aromatic N) is 3. The van der Waals surface area contributed by atoms with Crippen molar-refractivity contribution in [3.63, 3.8) is 0 Å². The number of Topliss-reactive ketones (excluding diaryl/α,β-unsaturated/α-hetero) is 1. The van der Waals surface area contributed by atoms with Gasteiger partial charge in [-0.3, -0.25) is 14.4 Å². The lowest BCUT2D eigenvalue weighted by Gasteiger charge is -2.14. The Morgan fingerprint density at radius 3 is 1.90 bits per heavy atom. The number of rotatable bonds is 44. The highest BCUT2D eigenvalue weighted by atomic mass is 16.5. The van der Waals surface area contributed by atoms with Crippen molar-refractivity contribution in [2.24, 2.45) is 0 Å². The molecule has 0 saturated carbocycles. The van der Waals surface area contributed by atoms with Gasteiger partial charge in [0.1, 0.15) is 12.6 Å². The fraction of sp³-hybridized carbons (Fsp3) is 0.841. The van der Waals surface area contributed by atoms with Crippen molar-refractivity contribution in [3.05, 3.63) is 11.9 Å². The minimum Gasteiger partial charge on any atom is -0.480 e. The third-order valence-corrected chi connectivity index (χ3v) is 9.81. The molecule has 0 radical (unpaired) electrons. The maximum Gasteiger partial charge on any atom is 0.407 e. The number of aromatic nitrogens is 3. The Labute approximate surface area is 364 Å². The van der Waals surface area contributed by atoms with Crippen LogP contribution in [0, 0.1) is 0 Å². The molecule has 0 saturated heterocycles. The summed E-state index contributed by atoms with van der Waals surface area (Å²) in [6, 6.07) is -1.11. The average molecular weight is 869 g/mol. The van der Waals surface area contributed by atoms with E-state index in [1.54, 1.807) is 10.9 Å². The zero-order valence-corrected chi connectivity index (χ0v) is 37.6. The number of ketones is 1. The Morgan fingerprint density at radius 1 is 0.623 bits per heavy atom. The number of carboxylic acids is 1. The van der Waals surface area contributed by atoms with Crippen LogP contribution in [0.15, 0.2) is 6.20 Å². The number of carbonyl (C=O) groups excluding carboxylic acids is 4. The fourth-order valence-corrected chi connectivity index (χ4v) is 6.21. The third-order valence-electron chi connectivity index (χ3n) is 9.81. The molecule has 61 heavy (non-hydrogen) atoms. The van der Waals surface area contributed by atoms with E-state index in [1.165, 1.54) is 64.2 Å². The SMILES string of the molecule is CCCCCCCCCCCCCCCC(=O)NC(CCC(=O)NCCOCCOCC(=O)CCCOCCOCCn1cc(CCOC(=O)NCCCCC)nn1)C(=O)O. The molecule has 17 heteroatoms. The first kappa shape index (κ1) is 55.3. The van der Waals surface area contributed by atoms with Crippen molar-refractivity contribution in [2.45, 2.75) is 168 Å². The first-order valence-corrected chi connectivity index (χ1v) is 23.2. The van der Waals surface area contributed by atoms with Crippen LogP contribution in [0.2, 0.25) is 0 Å². The first-order valence-electron chi connectivity index (χ1n) is 23.2. The van der Waals surface area contributed by atoms with Crippen LogP contribution in [0.5, 0.6) is 0 Å². The molecule has 0 bridgehead atoms. The van der Waals surface area contributed by atoms with E-state index in [0.29, 0.717) is 58.8 Å². The van der Waals surface area contributed by atoms with Gasteiger partial charge < -0.3 is 44.7 Å². The first-order chi connectivity index (χ1) is 29.7. The topological polar surface area (TPSA) is 219 Å². The summed E-state index contributed by atoms with van der Waals surface area (Å²) in [5.41, 5.74) is 0.731. The Bertz CT molecular complexity index is 1270. The Morgan fingerprint density at radius 2 is 1.23 bits per heavy atom. The van der Waals surface area contributed by atoms with Gasteiger partial charge in [0.05, 0.1) is 58.5 Å². The molecule has 1 aromatic rings. The number of aliphatic carboxylic acids is 1. The predicted molar refractivity (Wildman–Crippen MR) is 232 cm³/mol. The molecular weight excluding hydrogens is 789 g/mol. The molecule has 17 nitrogen and oxygen atoms in total. The maximum absolute atomic E-state index is 12.3. The molecule has 0 aliphatic carbocycles. The van der Waals surface area contributed by atoms with Crippen molar-refractivity contribution in [3.8, 4) is 0 Å².